The van der Waals surface area contributed by atoms with Gasteiger partial charge in [0.05, 0.1) is 17.6 Å². The summed E-state index contributed by atoms with van der Waals surface area (Å²) in [7, 11) is 0. The van der Waals surface area contributed by atoms with E-state index in [-0.39, 0.29) is 5.91 Å². The quantitative estimate of drug-likeness (QED) is 0.356. The number of likely N-dealkylation sites (tertiary alicyclic amines) is 1. The minimum absolute atomic E-state index is 0.0534. The monoisotopic (exact) mass is 482 g/mol. The van der Waals surface area contributed by atoms with Gasteiger partial charge in [0.2, 0.25) is 5.91 Å². The maximum Gasteiger partial charge on any atom is 0.238 e. The van der Waals surface area contributed by atoms with Gasteiger partial charge in [-0.15, -0.1) is 0 Å². The molecule has 36 heavy (non-hydrogen) atoms. The van der Waals surface area contributed by atoms with Crippen LogP contribution in [0.4, 0.5) is 5.69 Å². The van der Waals surface area contributed by atoms with Gasteiger partial charge in [0, 0.05) is 12.2 Å². The van der Waals surface area contributed by atoms with Crippen LogP contribution in [0.1, 0.15) is 29.8 Å². The van der Waals surface area contributed by atoms with Crippen molar-refractivity contribution in [2.75, 3.05) is 25.0 Å². The second kappa shape index (κ2) is 11.0. The zero-order valence-electron chi connectivity index (χ0n) is 21.1. The SMILES string of the molecule is Cc1ccc(NC(=O)CN2CCC(Cn3c(COc4ccccc4)nc4ccccc43)CC2)cc1C. The molecule has 186 valence electrons. The number of nitrogens with one attached hydrogen (secondary N) is 1. The van der Waals surface area contributed by atoms with Gasteiger partial charge >= 0.3 is 0 Å². The number of carbonyl (C=O) groups excluding carboxylic acids is 1. The molecule has 1 aromatic heterocycles. The number of para-hydroxylation sites is 3. The number of ether oxygens (including phenoxy) is 1. The summed E-state index contributed by atoms with van der Waals surface area (Å²) in [6.07, 6.45) is 2.12. The molecule has 1 aliphatic rings. The van der Waals surface area contributed by atoms with Gasteiger partial charge in [-0.2, -0.15) is 0 Å². The van der Waals surface area contributed by atoms with Crippen molar-refractivity contribution < 1.29 is 9.53 Å². The number of rotatable bonds is 8. The van der Waals surface area contributed by atoms with E-state index in [1.807, 2.05) is 48.5 Å². The molecule has 0 aliphatic carbocycles. The molecule has 0 atom stereocenters. The van der Waals surface area contributed by atoms with E-state index in [0.717, 1.165) is 60.8 Å². The zero-order valence-corrected chi connectivity index (χ0v) is 21.1. The third-order valence-electron chi connectivity index (χ3n) is 7.15. The number of piperidine rings is 1. The molecule has 0 bridgehead atoms. The fraction of sp³-hybridized carbons (Fsp3) is 0.333. The topological polar surface area (TPSA) is 59.4 Å². The summed E-state index contributed by atoms with van der Waals surface area (Å²) in [5, 5.41) is 3.05. The molecule has 1 amide bonds. The molecule has 3 aromatic carbocycles. The molecule has 2 heterocycles. The van der Waals surface area contributed by atoms with Crippen LogP contribution >= 0.6 is 0 Å². The summed E-state index contributed by atoms with van der Waals surface area (Å²) in [5.41, 5.74) is 5.45. The molecule has 6 nitrogen and oxygen atoms in total. The zero-order chi connectivity index (χ0) is 24.9. The van der Waals surface area contributed by atoms with Crippen LogP contribution in [0.3, 0.4) is 0 Å². The minimum atomic E-state index is 0.0534. The fourth-order valence-corrected chi connectivity index (χ4v) is 4.91. The number of imidazole rings is 1. The number of amides is 1. The van der Waals surface area contributed by atoms with E-state index in [9.17, 15) is 4.79 Å². The highest BCUT2D eigenvalue weighted by molar-refractivity contribution is 5.92. The highest BCUT2D eigenvalue weighted by Gasteiger charge is 2.23. The summed E-state index contributed by atoms with van der Waals surface area (Å²) in [4.78, 5) is 19.8. The lowest BCUT2D eigenvalue weighted by atomic mass is 9.96. The van der Waals surface area contributed by atoms with Gasteiger partial charge in [-0.1, -0.05) is 36.4 Å². The van der Waals surface area contributed by atoms with Crippen molar-refractivity contribution in [3.05, 3.63) is 89.7 Å². The Kier molecular flexibility index (Phi) is 7.33. The smallest absolute Gasteiger partial charge is 0.238 e. The van der Waals surface area contributed by atoms with Gasteiger partial charge in [-0.3, -0.25) is 9.69 Å². The first-order valence-electron chi connectivity index (χ1n) is 12.8. The highest BCUT2D eigenvalue weighted by Crippen LogP contribution is 2.25. The lowest BCUT2D eigenvalue weighted by Crippen LogP contribution is -2.40. The van der Waals surface area contributed by atoms with Crippen LogP contribution < -0.4 is 10.1 Å². The van der Waals surface area contributed by atoms with Gasteiger partial charge < -0.3 is 14.6 Å². The van der Waals surface area contributed by atoms with Crippen LogP contribution in [0.15, 0.2) is 72.8 Å². The van der Waals surface area contributed by atoms with Crippen molar-refractivity contribution in [3.8, 4) is 5.75 Å². The number of carbonyl (C=O) groups is 1. The molecule has 0 spiro atoms. The second-order valence-corrected chi connectivity index (χ2v) is 9.80. The average molecular weight is 483 g/mol. The number of fused-ring (bicyclic) bond motifs is 1. The van der Waals surface area contributed by atoms with Gasteiger partial charge in [-0.05, 0) is 93.2 Å². The van der Waals surface area contributed by atoms with Crippen molar-refractivity contribution in [1.29, 1.82) is 0 Å². The van der Waals surface area contributed by atoms with Crippen molar-refractivity contribution in [2.24, 2.45) is 5.92 Å². The summed E-state index contributed by atoms with van der Waals surface area (Å²) < 4.78 is 8.36. The van der Waals surface area contributed by atoms with E-state index in [2.05, 4.69) is 52.9 Å². The van der Waals surface area contributed by atoms with E-state index in [4.69, 9.17) is 9.72 Å². The molecule has 0 saturated carbocycles. The Bertz CT molecular complexity index is 1320. The van der Waals surface area contributed by atoms with Crippen LogP contribution in [0.2, 0.25) is 0 Å². The first-order chi connectivity index (χ1) is 17.5. The lowest BCUT2D eigenvalue weighted by molar-refractivity contribution is -0.117. The summed E-state index contributed by atoms with van der Waals surface area (Å²) in [5.74, 6) is 2.40. The van der Waals surface area contributed by atoms with Crippen molar-refractivity contribution in [1.82, 2.24) is 14.5 Å². The molecule has 0 radical (unpaired) electrons. The average Bonchev–Trinajstić information content (AvgIpc) is 3.24. The number of hydrogen-bond donors (Lipinski definition) is 1. The summed E-state index contributed by atoms with van der Waals surface area (Å²) >= 11 is 0. The molecule has 6 heteroatoms. The van der Waals surface area contributed by atoms with Crippen LogP contribution in [0.25, 0.3) is 11.0 Å². The van der Waals surface area contributed by atoms with Crippen LogP contribution in [0.5, 0.6) is 5.75 Å². The summed E-state index contributed by atoms with van der Waals surface area (Å²) in [6.45, 7) is 7.78. The van der Waals surface area contributed by atoms with Gasteiger partial charge in [0.1, 0.15) is 18.2 Å². The predicted molar refractivity (Wildman–Crippen MR) is 144 cm³/mol. The van der Waals surface area contributed by atoms with E-state index < -0.39 is 0 Å². The number of aryl methyl sites for hydroxylation is 2. The molecular formula is C30H34N4O2. The van der Waals surface area contributed by atoms with Crippen molar-refractivity contribution >= 4 is 22.6 Å². The molecule has 1 fully saturated rings. The Hall–Kier alpha value is -3.64. The summed E-state index contributed by atoms with van der Waals surface area (Å²) in [6, 6.07) is 24.3. The van der Waals surface area contributed by atoms with Gasteiger partial charge in [0.15, 0.2) is 0 Å². The Labute approximate surface area is 212 Å². The third kappa shape index (κ3) is 5.77. The normalized spacial score (nSPS) is 14.7. The number of nitrogens with zero attached hydrogens (tertiary/aromatic N) is 3. The Morgan fingerprint density at radius 2 is 1.72 bits per heavy atom. The highest BCUT2D eigenvalue weighted by atomic mass is 16.5. The lowest BCUT2D eigenvalue weighted by Gasteiger charge is -2.32. The van der Waals surface area contributed by atoms with E-state index in [1.54, 1.807) is 0 Å². The van der Waals surface area contributed by atoms with E-state index in [0.29, 0.717) is 19.1 Å². The van der Waals surface area contributed by atoms with Crippen LogP contribution in [-0.4, -0.2) is 40.0 Å². The Morgan fingerprint density at radius 1 is 0.972 bits per heavy atom. The molecule has 0 unspecified atom stereocenters. The maximum absolute atomic E-state index is 12.6. The molecule has 1 N–H and O–H groups in total. The molecule has 1 aliphatic heterocycles. The Morgan fingerprint density at radius 3 is 2.50 bits per heavy atom. The van der Waals surface area contributed by atoms with Gasteiger partial charge in [0.25, 0.3) is 0 Å². The number of anilines is 1. The number of hydrogen-bond acceptors (Lipinski definition) is 4. The molecular weight excluding hydrogens is 448 g/mol. The van der Waals surface area contributed by atoms with Crippen molar-refractivity contribution in [3.63, 3.8) is 0 Å². The first-order valence-corrected chi connectivity index (χ1v) is 12.8. The fourth-order valence-electron chi connectivity index (χ4n) is 4.91. The first kappa shape index (κ1) is 24.1. The van der Waals surface area contributed by atoms with E-state index >= 15 is 0 Å². The predicted octanol–water partition coefficient (Wildman–Crippen LogP) is 5.58. The third-order valence-corrected chi connectivity index (χ3v) is 7.15. The largest absolute Gasteiger partial charge is 0.486 e. The maximum atomic E-state index is 12.6. The van der Waals surface area contributed by atoms with Crippen LogP contribution in [0, 0.1) is 19.8 Å². The molecule has 1 saturated heterocycles. The Balaban J connectivity index is 1.18. The van der Waals surface area contributed by atoms with E-state index in [1.165, 1.54) is 11.1 Å². The number of benzene rings is 3. The van der Waals surface area contributed by atoms with Crippen LogP contribution in [-0.2, 0) is 17.9 Å². The van der Waals surface area contributed by atoms with Crippen molar-refractivity contribution in [2.45, 2.75) is 39.8 Å². The standard InChI is InChI=1S/C30H34N4O2/c1-22-12-13-25(18-23(22)2)31-30(35)20-33-16-14-24(15-17-33)19-34-28-11-7-6-10-27(28)32-29(34)21-36-26-8-4-3-5-9-26/h3-13,18,24H,14-17,19-21H2,1-2H3,(H,31,35). The number of aromatic nitrogens is 2. The molecule has 4 aromatic rings. The minimum Gasteiger partial charge on any atom is -0.486 e. The molecule has 5 rings (SSSR count). The van der Waals surface area contributed by atoms with Gasteiger partial charge in [-0.25, -0.2) is 4.98 Å². The second-order valence-electron chi connectivity index (χ2n) is 9.80.